The molecule has 10 N–H and O–H groups in total. The monoisotopic (exact) mass is 408 g/mol. The van der Waals surface area contributed by atoms with E-state index in [2.05, 4.69) is 10.3 Å². The predicted molar refractivity (Wildman–Crippen MR) is 112 cm³/mol. The van der Waals surface area contributed by atoms with Crippen LogP contribution in [0.4, 0.5) is 0 Å². The molecule has 0 spiro atoms. The van der Waals surface area contributed by atoms with E-state index in [1.165, 1.54) is 0 Å². The lowest BCUT2D eigenvalue weighted by atomic mass is 10.0. The van der Waals surface area contributed by atoms with Crippen LogP contribution in [0.25, 0.3) is 0 Å². The first kappa shape index (κ1) is 25.9. The molecule has 1 aromatic rings. The number of carbonyl (C=O) groups excluding carboxylic acids is 2. The van der Waals surface area contributed by atoms with E-state index in [1.807, 2.05) is 13.8 Å². The van der Waals surface area contributed by atoms with Crippen molar-refractivity contribution in [3.05, 3.63) is 35.9 Å². The highest BCUT2D eigenvalue weighted by atomic mass is 16.4. The number of carbonyl (C=O) groups is 3. The quantitative estimate of drug-likeness (QED) is 0.174. The number of aliphatic carboxylic acids is 1. The molecule has 0 bridgehead atoms. The normalized spacial score (nSPS) is 12.1. The van der Waals surface area contributed by atoms with E-state index in [1.54, 1.807) is 30.3 Å². The van der Waals surface area contributed by atoms with Crippen molar-refractivity contribution in [1.82, 2.24) is 5.32 Å². The first-order valence-electron chi connectivity index (χ1n) is 9.23. The summed E-state index contributed by atoms with van der Waals surface area (Å²) in [6, 6.07) is 7.01. The predicted octanol–water partition coefficient (Wildman–Crippen LogP) is -0.232. The Morgan fingerprint density at radius 2 is 1.69 bits per heavy atom. The largest absolute Gasteiger partial charge is 0.480 e. The van der Waals surface area contributed by atoms with Gasteiger partial charge in [-0.2, -0.15) is 0 Å². The minimum Gasteiger partial charge on any atom is -0.480 e. The van der Waals surface area contributed by atoms with Crippen molar-refractivity contribution in [3.8, 4) is 0 Å². The lowest BCUT2D eigenvalue weighted by Gasteiger charge is -2.14. The number of nitrogens with zero attached hydrogens (tertiary/aromatic N) is 1. The van der Waals surface area contributed by atoms with Gasteiger partial charge >= 0.3 is 5.97 Å². The number of nitrogens with two attached hydrogens (primary N) is 4. The lowest BCUT2D eigenvalue weighted by molar-refractivity contribution is -0.139. The van der Waals surface area contributed by atoms with Crippen molar-refractivity contribution in [2.24, 2.45) is 33.8 Å². The fourth-order valence-electron chi connectivity index (χ4n) is 2.22. The van der Waals surface area contributed by atoms with Crippen molar-refractivity contribution in [1.29, 1.82) is 0 Å². The summed E-state index contributed by atoms with van der Waals surface area (Å²) in [7, 11) is 0. The first-order chi connectivity index (χ1) is 13.5. The van der Waals surface area contributed by atoms with Crippen LogP contribution < -0.4 is 28.3 Å². The highest BCUT2D eigenvalue weighted by Gasteiger charge is 2.19. The molecule has 1 aromatic carbocycles. The van der Waals surface area contributed by atoms with Gasteiger partial charge in [-0.15, -0.1) is 0 Å². The molecule has 0 saturated carbocycles. The van der Waals surface area contributed by atoms with Crippen molar-refractivity contribution in [2.75, 3.05) is 6.54 Å². The second-order valence-electron chi connectivity index (χ2n) is 6.82. The summed E-state index contributed by atoms with van der Waals surface area (Å²) in [6.07, 6.45) is 1.39. The smallest absolute Gasteiger partial charge is 0.326 e. The van der Waals surface area contributed by atoms with Crippen LogP contribution in [0.1, 0.15) is 43.5 Å². The van der Waals surface area contributed by atoms with Gasteiger partial charge in [-0.1, -0.05) is 32.0 Å². The van der Waals surface area contributed by atoms with Crippen molar-refractivity contribution in [3.63, 3.8) is 0 Å². The molecule has 29 heavy (non-hydrogen) atoms. The standard InChI is InChI=1S/C13H18N4O3.C6H14N2O/c14-13(15)16-8-4-7-10(12(19)20)17-11(18)9-5-2-1-3-6-9;1-4(2)3-5(7)6(8)9/h1-3,5-6,10H,4,7-8H2,(H,17,18)(H,19,20)(H4,14,15,16);4-5H,3,7H2,1-2H3,(H2,8,9). The molecule has 2 amide bonds. The maximum Gasteiger partial charge on any atom is 0.326 e. The molecular weight excluding hydrogens is 376 g/mol. The Morgan fingerprint density at radius 1 is 1.10 bits per heavy atom. The summed E-state index contributed by atoms with van der Waals surface area (Å²) in [6.45, 7) is 4.33. The lowest BCUT2D eigenvalue weighted by Crippen LogP contribution is -2.40. The van der Waals surface area contributed by atoms with Gasteiger partial charge in [0.1, 0.15) is 6.04 Å². The molecule has 1 rings (SSSR count). The van der Waals surface area contributed by atoms with E-state index >= 15 is 0 Å². The molecule has 0 aliphatic rings. The minimum absolute atomic E-state index is 0.0369. The molecule has 0 fully saturated rings. The fourth-order valence-corrected chi connectivity index (χ4v) is 2.22. The summed E-state index contributed by atoms with van der Waals surface area (Å²) in [5.74, 6) is -1.51. The van der Waals surface area contributed by atoms with E-state index in [0.717, 1.165) is 0 Å². The molecule has 162 valence electrons. The number of benzene rings is 1. The molecule has 2 unspecified atom stereocenters. The fraction of sp³-hybridized carbons (Fsp3) is 0.474. The van der Waals surface area contributed by atoms with Gasteiger partial charge in [0, 0.05) is 12.1 Å². The summed E-state index contributed by atoms with van der Waals surface area (Å²) < 4.78 is 0. The maximum absolute atomic E-state index is 11.9. The summed E-state index contributed by atoms with van der Waals surface area (Å²) in [4.78, 5) is 37.0. The zero-order chi connectivity index (χ0) is 22.4. The summed E-state index contributed by atoms with van der Waals surface area (Å²) in [5, 5.41) is 11.5. The third-order valence-corrected chi connectivity index (χ3v) is 3.68. The molecule has 0 aliphatic heterocycles. The Labute approximate surface area is 170 Å². The molecule has 2 atom stereocenters. The zero-order valence-electron chi connectivity index (χ0n) is 16.9. The molecule has 0 heterocycles. The Bertz CT molecular complexity index is 675. The third-order valence-electron chi connectivity index (χ3n) is 3.68. The number of carboxylic acids is 1. The van der Waals surface area contributed by atoms with Crippen molar-refractivity contribution < 1.29 is 19.5 Å². The maximum atomic E-state index is 11.9. The van der Waals surface area contributed by atoms with Gasteiger partial charge in [0.25, 0.3) is 5.91 Å². The van der Waals surface area contributed by atoms with Crippen LogP contribution in [0, 0.1) is 5.92 Å². The van der Waals surface area contributed by atoms with Gasteiger partial charge < -0.3 is 33.4 Å². The second kappa shape index (κ2) is 13.9. The first-order valence-corrected chi connectivity index (χ1v) is 9.23. The summed E-state index contributed by atoms with van der Waals surface area (Å²) in [5.41, 5.74) is 21.0. The SMILES string of the molecule is CC(C)CC(N)C(N)=O.NC(N)=NCCCC(NC(=O)c1ccccc1)C(=O)O. The molecule has 0 aromatic heterocycles. The van der Waals surface area contributed by atoms with Gasteiger partial charge in [-0.25, -0.2) is 4.79 Å². The molecule has 10 nitrogen and oxygen atoms in total. The van der Waals surface area contributed by atoms with Crippen LogP contribution >= 0.6 is 0 Å². The number of carboxylic acid groups (broad SMARTS) is 1. The number of hydrogen-bond acceptors (Lipinski definition) is 5. The Kier molecular flexibility index (Phi) is 12.4. The molecule has 10 heteroatoms. The Balaban J connectivity index is 0.000000734. The van der Waals surface area contributed by atoms with E-state index in [4.69, 9.17) is 28.0 Å². The van der Waals surface area contributed by atoms with Crippen molar-refractivity contribution >= 4 is 23.7 Å². The number of rotatable bonds is 10. The van der Waals surface area contributed by atoms with Crippen molar-refractivity contribution in [2.45, 2.75) is 45.2 Å². The average molecular weight is 409 g/mol. The van der Waals surface area contributed by atoms with Gasteiger partial charge in [0.2, 0.25) is 5.91 Å². The number of primary amides is 1. The third kappa shape index (κ3) is 12.8. The minimum atomic E-state index is -1.08. The van der Waals surface area contributed by atoms with E-state index in [0.29, 0.717) is 30.9 Å². The molecular formula is C19H32N6O4. The van der Waals surface area contributed by atoms with E-state index < -0.39 is 29.9 Å². The topological polar surface area (TPSA) is 200 Å². The van der Waals surface area contributed by atoms with Gasteiger partial charge in [0.15, 0.2) is 5.96 Å². The highest BCUT2D eigenvalue weighted by molar-refractivity contribution is 5.96. The summed E-state index contributed by atoms with van der Waals surface area (Å²) >= 11 is 0. The number of amides is 2. The van der Waals surface area contributed by atoms with Crippen LogP contribution in [-0.4, -0.2) is 47.5 Å². The average Bonchev–Trinajstić information content (AvgIpc) is 2.64. The second-order valence-corrected chi connectivity index (χ2v) is 6.82. The number of aliphatic imine (C=N–C) groups is 1. The van der Waals surface area contributed by atoms with Crippen LogP contribution in [0.15, 0.2) is 35.3 Å². The van der Waals surface area contributed by atoms with Crippen LogP contribution in [0.5, 0.6) is 0 Å². The number of guanidine groups is 1. The van der Waals surface area contributed by atoms with E-state index in [9.17, 15) is 14.4 Å². The Hall–Kier alpha value is -3.14. The van der Waals surface area contributed by atoms with Gasteiger partial charge in [-0.05, 0) is 37.3 Å². The van der Waals surface area contributed by atoms with E-state index in [-0.39, 0.29) is 12.4 Å². The van der Waals surface area contributed by atoms with Crippen LogP contribution in [0.2, 0.25) is 0 Å². The van der Waals surface area contributed by atoms with Crippen LogP contribution in [0.3, 0.4) is 0 Å². The molecule has 0 aliphatic carbocycles. The number of hydrogen-bond donors (Lipinski definition) is 6. The van der Waals surface area contributed by atoms with Gasteiger partial charge in [0.05, 0.1) is 6.04 Å². The van der Waals surface area contributed by atoms with Gasteiger partial charge in [-0.3, -0.25) is 14.6 Å². The Morgan fingerprint density at radius 3 is 2.10 bits per heavy atom. The highest BCUT2D eigenvalue weighted by Crippen LogP contribution is 2.03. The molecule has 0 radical (unpaired) electrons. The molecule has 0 saturated heterocycles. The number of nitrogens with one attached hydrogen (secondary N) is 1. The zero-order valence-corrected chi connectivity index (χ0v) is 16.9. The van der Waals surface area contributed by atoms with Crippen LogP contribution in [-0.2, 0) is 9.59 Å².